The summed E-state index contributed by atoms with van der Waals surface area (Å²) in [5.74, 6) is -0.442. The van der Waals surface area contributed by atoms with Crippen molar-refractivity contribution >= 4 is 5.78 Å². The lowest BCUT2D eigenvalue weighted by molar-refractivity contribution is -0.121. The fourth-order valence-corrected chi connectivity index (χ4v) is 0.184. The molecule has 0 rings (SSSR count). The molecule has 0 aromatic carbocycles. The van der Waals surface area contributed by atoms with Gasteiger partial charge in [-0.05, 0) is 0 Å². The Kier molecular flexibility index (Phi) is 3.50. The number of carbonyl (C=O) groups is 1. The largest absolute Gasteiger partial charge is 0.389 e. The van der Waals surface area contributed by atoms with Crippen LogP contribution in [-0.2, 0) is 4.79 Å². The second kappa shape index (κ2) is 3.74. The van der Waals surface area contributed by atoms with Gasteiger partial charge in [-0.1, -0.05) is 0 Å². The van der Waals surface area contributed by atoms with E-state index in [0.717, 1.165) is 0 Å². The number of aliphatic hydroxyl groups is 1. The van der Waals surface area contributed by atoms with Crippen molar-refractivity contribution in [3.8, 4) is 0 Å². The fourth-order valence-electron chi connectivity index (χ4n) is 0.184. The van der Waals surface area contributed by atoms with Crippen molar-refractivity contribution in [2.75, 3.05) is 13.3 Å². The summed E-state index contributed by atoms with van der Waals surface area (Å²) < 4.78 is 11.1. The predicted octanol–water partition coefficient (Wildman–Crippen LogP) is -0.0926. The van der Waals surface area contributed by atoms with Gasteiger partial charge in [-0.2, -0.15) is 0 Å². The first-order valence-electron chi connectivity index (χ1n) is 1.99. The molecule has 0 saturated heterocycles. The number of hydrogen-bond donors (Lipinski definition) is 1. The van der Waals surface area contributed by atoms with Gasteiger partial charge in [0.15, 0.2) is 5.78 Å². The summed E-state index contributed by atoms with van der Waals surface area (Å²) in [5, 5.41) is 7.95. The third kappa shape index (κ3) is 3.39. The lowest BCUT2D eigenvalue weighted by Crippen LogP contribution is -2.03. The molecular weight excluding hydrogens is 99.0 g/mol. The van der Waals surface area contributed by atoms with E-state index < -0.39 is 19.1 Å². The molecule has 0 unspecified atom stereocenters. The van der Waals surface area contributed by atoms with Crippen molar-refractivity contribution in [3.05, 3.63) is 0 Å². The Balaban J connectivity index is 3.00. The minimum Gasteiger partial charge on any atom is -0.389 e. The predicted molar refractivity (Wildman–Crippen MR) is 22.7 cm³/mol. The van der Waals surface area contributed by atoms with Crippen molar-refractivity contribution in [2.45, 2.75) is 6.42 Å². The van der Waals surface area contributed by atoms with Gasteiger partial charge in [0.2, 0.25) is 0 Å². The zero-order valence-corrected chi connectivity index (χ0v) is 3.85. The number of halogens is 1. The maximum Gasteiger partial charge on any atom is 0.160 e. The molecule has 1 N–H and O–H groups in total. The molecule has 0 spiro atoms. The van der Waals surface area contributed by atoms with Crippen LogP contribution in [0.4, 0.5) is 4.39 Å². The quantitative estimate of drug-likeness (QED) is 0.545. The monoisotopic (exact) mass is 106 g/mol. The molecule has 0 radical (unpaired) electrons. The molecule has 0 heterocycles. The first kappa shape index (κ1) is 6.56. The van der Waals surface area contributed by atoms with Crippen LogP contribution in [0.2, 0.25) is 0 Å². The number of carbonyl (C=O) groups excluding carboxylic acids is 1. The second-order valence-electron chi connectivity index (χ2n) is 1.14. The lowest BCUT2D eigenvalue weighted by Gasteiger charge is -1.84. The normalized spacial score (nSPS) is 8.86. The van der Waals surface area contributed by atoms with E-state index in [4.69, 9.17) is 5.11 Å². The van der Waals surface area contributed by atoms with Crippen LogP contribution in [0.25, 0.3) is 0 Å². The average molecular weight is 106 g/mol. The highest BCUT2D eigenvalue weighted by atomic mass is 19.1. The van der Waals surface area contributed by atoms with Crippen molar-refractivity contribution < 1.29 is 14.3 Å². The molecule has 0 bridgehead atoms. The molecule has 0 amide bonds. The molecule has 0 atom stereocenters. The van der Waals surface area contributed by atoms with Gasteiger partial charge in [0.25, 0.3) is 0 Å². The Morgan fingerprint density at radius 1 is 1.71 bits per heavy atom. The molecule has 0 aliphatic carbocycles. The Bertz CT molecular complexity index is 62.7. The summed E-state index contributed by atoms with van der Waals surface area (Å²) >= 11 is 0. The molecular formula is C4H7FO2. The van der Waals surface area contributed by atoms with Gasteiger partial charge in [-0.3, -0.25) is 9.18 Å². The van der Waals surface area contributed by atoms with E-state index >= 15 is 0 Å². The zero-order valence-electron chi connectivity index (χ0n) is 3.85. The molecule has 2 nitrogen and oxygen atoms in total. The van der Waals surface area contributed by atoms with Crippen molar-refractivity contribution in [1.82, 2.24) is 0 Å². The highest BCUT2D eigenvalue weighted by Crippen LogP contribution is 1.80. The SMILES string of the molecule is O=C(CO)CCF. The highest BCUT2D eigenvalue weighted by molar-refractivity contribution is 5.79. The van der Waals surface area contributed by atoms with Crippen molar-refractivity contribution in [3.63, 3.8) is 0 Å². The minimum absolute atomic E-state index is 0.156. The second-order valence-corrected chi connectivity index (χ2v) is 1.14. The van der Waals surface area contributed by atoms with Gasteiger partial charge in [-0.25, -0.2) is 0 Å². The average Bonchev–Trinajstić information content (AvgIpc) is 1.68. The van der Waals surface area contributed by atoms with E-state index in [-0.39, 0.29) is 6.42 Å². The number of alkyl halides is 1. The standard InChI is InChI=1S/C4H7FO2/c5-2-1-4(7)3-6/h6H,1-3H2. The van der Waals surface area contributed by atoms with E-state index in [2.05, 4.69) is 0 Å². The van der Waals surface area contributed by atoms with Gasteiger partial charge in [-0.15, -0.1) is 0 Å². The van der Waals surface area contributed by atoms with Crippen LogP contribution in [0.1, 0.15) is 6.42 Å². The van der Waals surface area contributed by atoms with Crippen LogP contribution < -0.4 is 0 Å². The van der Waals surface area contributed by atoms with Crippen LogP contribution in [0.15, 0.2) is 0 Å². The number of rotatable bonds is 3. The number of Topliss-reactive ketones (excluding diaryl/α,β-unsaturated/α-hetero) is 1. The van der Waals surface area contributed by atoms with Gasteiger partial charge in [0.1, 0.15) is 6.61 Å². The summed E-state index contributed by atoms with van der Waals surface area (Å²) in [6, 6.07) is 0. The summed E-state index contributed by atoms with van der Waals surface area (Å²) in [6.07, 6.45) is -0.156. The Morgan fingerprint density at radius 3 is 2.43 bits per heavy atom. The van der Waals surface area contributed by atoms with Gasteiger partial charge in [0.05, 0.1) is 6.67 Å². The van der Waals surface area contributed by atoms with Crippen LogP contribution in [0, 0.1) is 0 Å². The van der Waals surface area contributed by atoms with Crippen LogP contribution >= 0.6 is 0 Å². The molecule has 0 aromatic rings. The Labute approximate surface area is 41.0 Å². The molecule has 7 heavy (non-hydrogen) atoms. The molecule has 0 saturated carbocycles. The molecule has 42 valence electrons. The maximum absolute atomic E-state index is 11.1. The first-order chi connectivity index (χ1) is 3.31. The van der Waals surface area contributed by atoms with E-state index in [1.165, 1.54) is 0 Å². The summed E-state index contributed by atoms with van der Waals surface area (Å²) in [4.78, 5) is 9.92. The number of aliphatic hydroxyl groups excluding tert-OH is 1. The summed E-state index contributed by atoms with van der Waals surface area (Å²) in [6.45, 7) is -1.21. The van der Waals surface area contributed by atoms with E-state index in [9.17, 15) is 9.18 Å². The molecule has 0 aliphatic heterocycles. The third-order valence-corrected chi connectivity index (χ3v) is 0.550. The smallest absolute Gasteiger partial charge is 0.160 e. The number of hydrogen-bond acceptors (Lipinski definition) is 2. The molecule has 0 aliphatic rings. The van der Waals surface area contributed by atoms with E-state index in [1.54, 1.807) is 0 Å². The summed E-state index contributed by atoms with van der Waals surface area (Å²) in [7, 11) is 0. The van der Waals surface area contributed by atoms with Crippen LogP contribution in [-0.4, -0.2) is 24.2 Å². The van der Waals surface area contributed by atoms with E-state index in [0.29, 0.717) is 0 Å². The zero-order chi connectivity index (χ0) is 5.70. The number of ketones is 1. The molecule has 3 heteroatoms. The van der Waals surface area contributed by atoms with Crippen molar-refractivity contribution in [2.24, 2.45) is 0 Å². The van der Waals surface area contributed by atoms with Gasteiger partial charge in [0, 0.05) is 6.42 Å². The van der Waals surface area contributed by atoms with Crippen molar-refractivity contribution in [1.29, 1.82) is 0 Å². The van der Waals surface area contributed by atoms with Gasteiger partial charge < -0.3 is 5.11 Å². The van der Waals surface area contributed by atoms with Gasteiger partial charge >= 0.3 is 0 Å². The fraction of sp³-hybridized carbons (Fsp3) is 0.750. The van der Waals surface area contributed by atoms with E-state index in [1.807, 2.05) is 0 Å². The third-order valence-electron chi connectivity index (χ3n) is 0.550. The highest BCUT2D eigenvalue weighted by Gasteiger charge is 1.94. The van der Waals surface area contributed by atoms with Crippen LogP contribution in [0.5, 0.6) is 0 Å². The Morgan fingerprint density at radius 2 is 2.29 bits per heavy atom. The maximum atomic E-state index is 11.1. The minimum atomic E-state index is -0.667. The van der Waals surface area contributed by atoms with Crippen LogP contribution in [0.3, 0.4) is 0 Å². The summed E-state index contributed by atoms with van der Waals surface area (Å²) in [5.41, 5.74) is 0. The molecule has 0 fully saturated rings. The lowest BCUT2D eigenvalue weighted by atomic mass is 10.3. The topological polar surface area (TPSA) is 37.3 Å². The Hall–Kier alpha value is -0.440. The first-order valence-corrected chi connectivity index (χ1v) is 1.99. The molecule has 0 aromatic heterocycles.